The lowest BCUT2D eigenvalue weighted by Crippen LogP contribution is -2.49. The van der Waals surface area contributed by atoms with E-state index in [1.54, 1.807) is 4.90 Å². The maximum Gasteiger partial charge on any atom is 0.272 e. The van der Waals surface area contributed by atoms with Crippen LogP contribution in [-0.2, 0) is 13.2 Å². The van der Waals surface area contributed by atoms with Crippen molar-refractivity contribution in [3.8, 4) is 22.8 Å². The highest BCUT2D eigenvalue weighted by atomic mass is 19.1. The summed E-state index contributed by atoms with van der Waals surface area (Å²) in [6.45, 7) is 1.32. The van der Waals surface area contributed by atoms with Gasteiger partial charge in [0.25, 0.3) is 11.8 Å². The number of amides is 1. The summed E-state index contributed by atoms with van der Waals surface area (Å²) in [5.74, 6) is 1.62. The zero-order valence-corrected chi connectivity index (χ0v) is 17.3. The molecule has 0 spiro atoms. The topological polar surface area (TPSA) is 106 Å². The molecule has 1 amide bonds. The van der Waals surface area contributed by atoms with Crippen molar-refractivity contribution in [2.24, 2.45) is 0 Å². The van der Waals surface area contributed by atoms with Crippen LogP contribution in [0.1, 0.15) is 33.7 Å². The van der Waals surface area contributed by atoms with Crippen LogP contribution in [0, 0.1) is 5.82 Å². The average molecular weight is 447 g/mol. The molecule has 2 aliphatic rings. The minimum absolute atomic E-state index is 0.0204. The molecule has 10 heteroatoms. The molecule has 4 heterocycles. The van der Waals surface area contributed by atoms with E-state index >= 15 is 0 Å². The van der Waals surface area contributed by atoms with Crippen LogP contribution < -0.4 is 9.47 Å². The Morgan fingerprint density at radius 1 is 1.18 bits per heavy atom. The molecular weight excluding hydrogens is 429 g/mol. The van der Waals surface area contributed by atoms with Crippen LogP contribution in [-0.4, -0.2) is 44.2 Å². The summed E-state index contributed by atoms with van der Waals surface area (Å²) in [5, 5.41) is 11.3. The lowest BCUT2D eigenvalue weighted by atomic mass is 9.97. The van der Waals surface area contributed by atoms with Gasteiger partial charge in [-0.1, -0.05) is 17.3 Å². The lowest BCUT2D eigenvalue weighted by Gasteiger charge is -2.37. The minimum atomic E-state index is -0.334. The molecule has 9 nitrogen and oxygen atoms in total. The monoisotopic (exact) mass is 447 g/mol. The van der Waals surface area contributed by atoms with Gasteiger partial charge in [0.05, 0.1) is 5.92 Å². The molecule has 1 N–H and O–H groups in total. The van der Waals surface area contributed by atoms with Gasteiger partial charge in [-0.2, -0.15) is 10.1 Å². The number of carbonyl (C=O) groups is 1. The number of likely N-dealkylation sites (tertiary alicyclic amines) is 1. The SMILES string of the molecule is O=C(c1[nH]nc2c1COc1ccccc1-2)N1CC(c2noc(COc3ccc(F)cc3)n2)C1. The molecule has 1 fully saturated rings. The first kappa shape index (κ1) is 19.5. The molecule has 0 saturated carbocycles. The van der Waals surface area contributed by atoms with Gasteiger partial charge >= 0.3 is 0 Å². The number of para-hydroxylation sites is 1. The number of halogens is 1. The molecule has 0 aliphatic carbocycles. The van der Waals surface area contributed by atoms with Crippen molar-refractivity contribution in [1.82, 2.24) is 25.2 Å². The average Bonchev–Trinajstić information content (AvgIpc) is 3.45. The molecule has 1 saturated heterocycles. The largest absolute Gasteiger partial charge is 0.488 e. The summed E-state index contributed by atoms with van der Waals surface area (Å²) in [4.78, 5) is 19.1. The first-order chi connectivity index (χ1) is 16.2. The van der Waals surface area contributed by atoms with Gasteiger partial charge in [0.1, 0.15) is 35.3 Å². The number of ether oxygens (including phenoxy) is 2. The molecule has 0 atom stereocenters. The van der Waals surface area contributed by atoms with Crippen LogP contribution in [0.3, 0.4) is 0 Å². The van der Waals surface area contributed by atoms with Crippen LogP contribution in [0.5, 0.6) is 11.5 Å². The Hall–Kier alpha value is -4.21. The second-order valence-electron chi connectivity index (χ2n) is 7.91. The van der Waals surface area contributed by atoms with E-state index < -0.39 is 0 Å². The first-order valence-electron chi connectivity index (χ1n) is 10.5. The molecule has 2 aromatic heterocycles. The molecule has 33 heavy (non-hydrogen) atoms. The number of fused-ring (bicyclic) bond motifs is 3. The second-order valence-corrected chi connectivity index (χ2v) is 7.91. The van der Waals surface area contributed by atoms with Crippen molar-refractivity contribution < 1.29 is 23.2 Å². The Balaban J connectivity index is 1.09. The molecule has 0 bridgehead atoms. The Morgan fingerprint density at radius 2 is 2.00 bits per heavy atom. The van der Waals surface area contributed by atoms with Crippen LogP contribution in [0.15, 0.2) is 53.1 Å². The molecule has 0 unspecified atom stereocenters. The number of benzene rings is 2. The van der Waals surface area contributed by atoms with Crippen molar-refractivity contribution in [2.75, 3.05) is 13.1 Å². The number of hydrogen-bond acceptors (Lipinski definition) is 7. The van der Waals surface area contributed by atoms with Crippen molar-refractivity contribution in [3.63, 3.8) is 0 Å². The molecule has 4 aromatic rings. The van der Waals surface area contributed by atoms with E-state index in [4.69, 9.17) is 14.0 Å². The van der Waals surface area contributed by atoms with Crippen LogP contribution in [0.25, 0.3) is 11.3 Å². The maximum atomic E-state index is 13.0. The van der Waals surface area contributed by atoms with E-state index in [0.717, 1.165) is 22.6 Å². The van der Waals surface area contributed by atoms with E-state index in [0.29, 0.717) is 42.9 Å². The van der Waals surface area contributed by atoms with Gasteiger partial charge in [-0.25, -0.2) is 4.39 Å². The predicted molar refractivity (Wildman–Crippen MR) is 112 cm³/mol. The molecule has 2 aromatic carbocycles. The minimum Gasteiger partial charge on any atom is -0.488 e. The smallest absolute Gasteiger partial charge is 0.272 e. The number of rotatable bonds is 5. The fourth-order valence-electron chi connectivity index (χ4n) is 3.98. The quantitative estimate of drug-likeness (QED) is 0.500. The van der Waals surface area contributed by atoms with Gasteiger partial charge in [-0.05, 0) is 36.4 Å². The van der Waals surface area contributed by atoms with E-state index in [9.17, 15) is 9.18 Å². The molecular formula is C23H18FN5O4. The molecule has 0 radical (unpaired) electrons. The molecule has 2 aliphatic heterocycles. The Morgan fingerprint density at radius 3 is 2.85 bits per heavy atom. The predicted octanol–water partition coefficient (Wildman–Crippen LogP) is 3.31. The number of aromatic nitrogens is 4. The lowest BCUT2D eigenvalue weighted by molar-refractivity contribution is 0.0583. The maximum absolute atomic E-state index is 13.0. The number of nitrogens with zero attached hydrogens (tertiary/aromatic N) is 4. The number of carbonyl (C=O) groups excluding carboxylic acids is 1. The highest BCUT2D eigenvalue weighted by molar-refractivity contribution is 5.96. The van der Waals surface area contributed by atoms with Gasteiger partial charge in [0, 0.05) is 24.2 Å². The van der Waals surface area contributed by atoms with Crippen molar-refractivity contribution in [2.45, 2.75) is 19.1 Å². The highest BCUT2D eigenvalue weighted by Gasteiger charge is 2.38. The zero-order chi connectivity index (χ0) is 22.4. The first-order valence-corrected chi connectivity index (χ1v) is 10.5. The van der Waals surface area contributed by atoms with E-state index in [1.165, 1.54) is 24.3 Å². The second kappa shape index (κ2) is 7.73. The Bertz CT molecular complexity index is 1330. The van der Waals surface area contributed by atoms with Crippen LogP contribution in [0.4, 0.5) is 4.39 Å². The van der Waals surface area contributed by atoms with Crippen molar-refractivity contribution in [1.29, 1.82) is 0 Å². The highest BCUT2D eigenvalue weighted by Crippen LogP contribution is 2.38. The fraction of sp³-hybridized carbons (Fsp3) is 0.217. The van der Waals surface area contributed by atoms with Gasteiger partial charge in [0.2, 0.25) is 0 Å². The van der Waals surface area contributed by atoms with Gasteiger partial charge in [0.15, 0.2) is 12.4 Å². The summed E-state index contributed by atoms with van der Waals surface area (Å²) >= 11 is 0. The van der Waals surface area contributed by atoms with Crippen LogP contribution >= 0.6 is 0 Å². The van der Waals surface area contributed by atoms with Crippen LogP contribution in [0.2, 0.25) is 0 Å². The van der Waals surface area contributed by atoms with Crippen molar-refractivity contribution >= 4 is 5.91 Å². The molecule has 166 valence electrons. The number of nitrogens with one attached hydrogen (secondary N) is 1. The fourth-order valence-corrected chi connectivity index (χ4v) is 3.98. The summed E-state index contributed by atoms with van der Waals surface area (Å²) in [7, 11) is 0. The molecule has 6 rings (SSSR count). The zero-order valence-electron chi connectivity index (χ0n) is 17.3. The van der Waals surface area contributed by atoms with E-state index in [-0.39, 0.29) is 24.2 Å². The summed E-state index contributed by atoms with van der Waals surface area (Å²) in [5.41, 5.74) is 2.83. The van der Waals surface area contributed by atoms with E-state index in [1.807, 2.05) is 24.3 Å². The van der Waals surface area contributed by atoms with Gasteiger partial charge in [-0.15, -0.1) is 0 Å². The third-order valence-corrected chi connectivity index (χ3v) is 5.79. The summed E-state index contributed by atoms with van der Waals surface area (Å²) < 4.78 is 29.5. The number of hydrogen-bond donors (Lipinski definition) is 1. The third-order valence-electron chi connectivity index (χ3n) is 5.79. The number of aromatic amines is 1. The summed E-state index contributed by atoms with van der Waals surface area (Å²) in [6.07, 6.45) is 0. The summed E-state index contributed by atoms with van der Waals surface area (Å²) in [6, 6.07) is 13.3. The third kappa shape index (κ3) is 3.49. The van der Waals surface area contributed by atoms with E-state index in [2.05, 4.69) is 20.3 Å². The Labute approximate surface area is 187 Å². The van der Waals surface area contributed by atoms with Gasteiger partial charge in [-0.3, -0.25) is 9.89 Å². The Kier molecular flexibility index (Phi) is 4.56. The standard InChI is InChI=1S/C23H18FN5O4/c24-14-5-7-15(8-6-14)31-12-19-25-22(28-33-19)13-9-29(10-13)23(30)21-17-11-32-18-4-2-1-3-16(18)20(17)26-27-21/h1-8,13H,9-12H2,(H,26,27). The van der Waals surface area contributed by atoms with Gasteiger partial charge < -0.3 is 18.9 Å². The normalized spacial score (nSPS) is 14.8. The number of H-pyrrole nitrogens is 1. The van der Waals surface area contributed by atoms with Crippen molar-refractivity contribution in [3.05, 3.63) is 77.3 Å².